The molecule has 9 heteroatoms. The normalized spacial score (nSPS) is 10.9. The highest BCUT2D eigenvalue weighted by Gasteiger charge is 2.18. The van der Waals surface area contributed by atoms with E-state index < -0.39 is 12.5 Å². The number of benzene rings is 2. The van der Waals surface area contributed by atoms with E-state index >= 15 is 0 Å². The van der Waals surface area contributed by atoms with Crippen molar-refractivity contribution in [1.29, 1.82) is 0 Å². The molecule has 140 valence electrons. The fraction of sp³-hybridized carbons (Fsp3) is 0.111. The van der Waals surface area contributed by atoms with Crippen molar-refractivity contribution in [3.05, 3.63) is 75.9 Å². The van der Waals surface area contributed by atoms with E-state index in [0.717, 1.165) is 5.56 Å². The molecule has 0 saturated heterocycles. The van der Waals surface area contributed by atoms with Gasteiger partial charge >= 0.3 is 6.61 Å². The van der Waals surface area contributed by atoms with Crippen LogP contribution in [-0.2, 0) is 6.54 Å². The lowest BCUT2D eigenvalue weighted by Gasteiger charge is -2.10. The van der Waals surface area contributed by atoms with Crippen LogP contribution in [0.25, 0.3) is 0 Å². The molecular formula is C18H13Cl2F2N3O2. The molecule has 5 nitrogen and oxygen atoms in total. The number of hydrogen-bond donors (Lipinski definition) is 1. The number of halogens is 4. The first-order chi connectivity index (χ1) is 12.9. The molecule has 3 rings (SSSR count). The number of ether oxygens (including phenoxy) is 1. The average Bonchev–Trinajstić information content (AvgIpc) is 2.96. The Hall–Kier alpha value is -2.64. The maximum Gasteiger partial charge on any atom is 0.387 e. The lowest BCUT2D eigenvalue weighted by atomic mass is 10.2. The van der Waals surface area contributed by atoms with Gasteiger partial charge in [0.25, 0.3) is 5.91 Å². The zero-order valence-electron chi connectivity index (χ0n) is 13.7. The minimum atomic E-state index is -3.04. The van der Waals surface area contributed by atoms with Crippen LogP contribution in [0.3, 0.4) is 0 Å². The van der Waals surface area contributed by atoms with Crippen LogP contribution in [-0.4, -0.2) is 22.3 Å². The Morgan fingerprint density at radius 2 is 1.85 bits per heavy atom. The van der Waals surface area contributed by atoms with Gasteiger partial charge in [-0.15, -0.1) is 0 Å². The number of rotatable bonds is 6. The highest BCUT2D eigenvalue weighted by molar-refractivity contribution is 6.33. The molecule has 0 saturated carbocycles. The summed E-state index contributed by atoms with van der Waals surface area (Å²) in [5, 5.41) is 7.55. The summed E-state index contributed by atoms with van der Waals surface area (Å²) in [6, 6.07) is 12.9. The number of anilines is 1. The summed E-state index contributed by atoms with van der Waals surface area (Å²) in [7, 11) is 0. The number of amides is 1. The first kappa shape index (κ1) is 19.1. The van der Waals surface area contributed by atoms with Crippen LogP contribution >= 0.6 is 23.2 Å². The highest BCUT2D eigenvalue weighted by atomic mass is 35.5. The second-order valence-corrected chi connectivity index (χ2v) is 6.32. The molecule has 0 fully saturated rings. The summed E-state index contributed by atoms with van der Waals surface area (Å²) < 4.78 is 30.9. The molecule has 0 bridgehead atoms. The lowest BCUT2D eigenvalue weighted by molar-refractivity contribution is -0.0501. The van der Waals surface area contributed by atoms with Crippen molar-refractivity contribution in [1.82, 2.24) is 9.78 Å². The van der Waals surface area contributed by atoms with E-state index in [2.05, 4.69) is 15.2 Å². The van der Waals surface area contributed by atoms with E-state index in [0.29, 0.717) is 11.6 Å². The molecule has 1 N–H and O–H groups in total. The van der Waals surface area contributed by atoms with Crippen LogP contribution in [0.1, 0.15) is 15.9 Å². The third-order valence-corrected chi connectivity index (χ3v) is 4.08. The van der Waals surface area contributed by atoms with Gasteiger partial charge in [-0.2, -0.15) is 13.9 Å². The number of nitrogens with one attached hydrogen (secondary N) is 1. The molecule has 0 unspecified atom stereocenters. The van der Waals surface area contributed by atoms with Gasteiger partial charge in [-0.3, -0.25) is 9.48 Å². The molecule has 0 aliphatic rings. The first-order valence-electron chi connectivity index (χ1n) is 7.75. The molecule has 1 amide bonds. The average molecular weight is 412 g/mol. The molecule has 1 aromatic heterocycles. The predicted octanol–water partition coefficient (Wildman–Crippen LogP) is 5.09. The SMILES string of the molecule is O=C(Nc1nn(Cc2ccc(Cl)cc2)cc1Cl)c1ccccc1OC(F)F. The largest absolute Gasteiger partial charge is 0.434 e. The monoisotopic (exact) mass is 411 g/mol. The Kier molecular flexibility index (Phi) is 5.93. The van der Waals surface area contributed by atoms with Crippen molar-refractivity contribution in [2.24, 2.45) is 0 Å². The molecule has 27 heavy (non-hydrogen) atoms. The van der Waals surface area contributed by atoms with Gasteiger partial charge in [-0.25, -0.2) is 0 Å². The van der Waals surface area contributed by atoms with Crippen LogP contribution in [0.2, 0.25) is 10.0 Å². The summed E-state index contributed by atoms with van der Waals surface area (Å²) in [5.74, 6) is -0.783. The number of para-hydroxylation sites is 1. The first-order valence-corrected chi connectivity index (χ1v) is 8.50. The van der Waals surface area contributed by atoms with Crippen LogP contribution in [0, 0.1) is 0 Å². The van der Waals surface area contributed by atoms with E-state index in [1.54, 1.807) is 23.0 Å². The molecular weight excluding hydrogens is 399 g/mol. The van der Waals surface area contributed by atoms with Gasteiger partial charge in [0.2, 0.25) is 0 Å². The number of aromatic nitrogens is 2. The van der Waals surface area contributed by atoms with Crippen LogP contribution in [0.4, 0.5) is 14.6 Å². The van der Waals surface area contributed by atoms with E-state index in [1.807, 2.05) is 12.1 Å². The third-order valence-electron chi connectivity index (χ3n) is 3.55. The summed E-state index contributed by atoms with van der Waals surface area (Å²) >= 11 is 12.0. The number of nitrogens with zero attached hydrogens (tertiary/aromatic N) is 2. The Bertz CT molecular complexity index is 946. The maximum absolute atomic E-state index is 12.5. The second kappa shape index (κ2) is 8.37. The topological polar surface area (TPSA) is 56.2 Å². The van der Waals surface area contributed by atoms with Crippen molar-refractivity contribution in [2.45, 2.75) is 13.2 Å². The highest BCUT2D eigenvalue weighted by Crippen LogP contribution is 2.24. The van der Waals surface area contributed by atoms with E-state index in [1.165, 1.54) is 24.3 Å². The molecule has 0 spiro atoms. The van der Waals surface area contributed by atoms with Crippen LogP contribution in [0.15, 0.2) is 54.7 Å². The fourth-order valence-corrected chi connectivity index (χ4v) is 2.69. The Labute approximate surface area is 163 Å². The van der Waals surface area contributed by atoms with E-state index in [-0.39, 0.29) is 22.2 Å². The van der Waals surface area contributed by atoms with Gasteiger partial charge in [-0.1, -0.05) is 47.5 Å². The zero-order valence-corrected chi connectivity index (χ0v) is 15.2. The van der Waals surface area contributed by atoms with Gasteiger partial charge in [0, 0.05) is 11.2 Å². The minimum absolute atomic E-state index is 0.0545. The van der Waals surface area contributed by atoms with Gasteiger partial charge in [0.15, 0.2) is 5.82 Å². The number of hydrogen-bond acceptors (Lipinski definition) is 3. The van der Waals surface area contributed by atoms with Gasteiger partial charge in [0.1, 0.15) is 10.8 Å². The summed E-state index contributed by atoms with van der Waals surface area (Å²) in [4.78, 5) is 12.4. The molecule has 1 heterocycles. The van der Waals surface area contributed by atoms with Crippen molar-refractivity contribution >= 4 is 34.9 Å². The zero-order chi connectivity index (χ0) is 19.4. The number of alkyl halides is 2. The molecule has 0 aliphatic carbocycles. The van der Waals surface area contributed by atoms with E-state index in [9.17, 15) is 13.6 Å². The number of carbonyl (C=O) groups is 1. The van der Waals surface area contributed by atoms with Gasteiger partial charge in [0.05, 0.1) is 12.1 Å². The number of carbonyl (C=O) groups excluding carboxylic acids is 1. The molecule has 3 aromatic rings. The summed E-state index contributed by atoms with van der Waals surface area (Å²) in [5.41, 5.74) is 0.883. The van der Waals surface area contributed by atoms with Crippen LogP contribution < -0.4 is 10.1 Å². The molecule has 0 aliphatic heterocycles. The summed E-state index contributed by atoms with van der Waals surface area (Å²) in [6.45, 7) is -2.63. The van der Waals surface area contributed by atoms with Crippen molar-refractivity contribution in [2.75, 3.05) is 5.32 Å². The predicted molar refractivity (Wildman–Crippen MR) is 98.8 cm³/mol. The smallest absolute Gasteiger partial charge is 0.387 e. The third kappa shape index (κ3) is 4.96. The maximum atomic E-state index is 12.5. The van der Waals surface area contributed by atoms with Crippen molar-refractivity contribution in [3.63, 3.8) is 0 Å². The summed E-state index contributed by atoms with van der Waals surface area (Å²) in [6.07, 6.45) is 1.55. The fourth-order valence-electron chi connectivity index (χ4n) is 2.37. The quantitative estimate of drug-likeness (QED) is 0.614. The van der Waals surface area contributed by atoms with Crippen LogP contribution in [0.5, 0.6) is 5.75 Å². The van der Waals surface area contributed by atoms with E-state index in [4.69, 9.17) is 23.2 Å². The molecule has 2 aromatic carbocycles. The Balaban J connectivity index is 1.75. The minimum Gasteiger partial charge on any atom is -0.434 e. The van der Waals surface area contributed by atoms with Crippen molar-refractivity contribution in [3.8, 4) is 5.75 Å². The Morgan fingerprint density at radius 1 is 1.15 bits per heavy atom. The van der Waals surface area contributed by atoms with Crippen molar-refractivity contribution < 1.29 is 18.3 Å². The second-order valence-electron chi connectivity index (χ2n) is 5.48. The van der Waals surface area contributed by atoms with Gasteiger partial charge in [-0.05, 0) is 29.8 Å². The molecule has 0 radical (unpaired) electrons. The Morgan fingerprint density at radius 3 is 2.56 bits per heavy atom. The standard InChI is InChI=1S/C18H13Cl2F2N3O2/c19-12-7-5-11(6-8-12)9-25-10-14(20)16(24-25)23-17(26)13-3-1-2-4-15(13)27-18(21)22/h1-8,10,18H,9H2,(H,23,24,26). The lowest BCUT2D eigenvalue weighted by Crippen LogP contribution is -2.15. The van der Waals surface area contributed by atoms with Gasteiger partial charge < -0.3 is 10.1 Å². The molecule has 0 atom stereocenters.